The lowest BCUT2D eigenvalue weighted by molar-refractivity contribution is -0.115. The molecule has 0 spiro atoms. The zero-order valence-electron chi connectivity index (χ0n) is 19.8. The zero-order chi connectivity index (χ0) is 23.8. The highest BCUT2D eigenvalue weighted by atomic mass is 32.2. The van der Waals surface area contributed by atoms with Crippen LogP contribution in [0.25, 0.3) is 0 Å². The summed E-state index contributed by atoms with van der Waals surface area (Å²) in [6.45, 7) is 10.6. The van der Waals surface area contributed by atoms with Gasteiger partial charge in [0.05, 0.1) is 5.75 Å². The summed E-state index contributed by atoms with van der Waals surface area (Å²) in [5.41, 5.74) is 6.91. The van der Waals surface area contributed by atoms with Gasteiger partial charge in [-0.2, -0.15) is 0 Å². The monoisotopic (exact) mass is 458 g/mol. The van der Waals surface area contributed by atoms with Crippen molar-refractivity contribution in [2.45, 2.75) is 45.4 Å². The predicted molar refractivity (Wildman–Crippen MR) is 138 cm³/mol. The number of nitrogens with zero attached hydrogens (tertiary/aromatic N) is 1. The lowest BCUT2D eigenvalue weighted by Crippen LogP contribution is -2.28. The molecule has 0 unspecified atom stereocenters. The van der Waals surface area contributed by atoms with E-state index in [9.17, 15) is 9.59 Å². The second-order valence-electron chi connectivity index (χ2n) is 9.55. The molecule has 1 heterocycles. The molecular weight excluding hydrogens is 428 g/mol. The highest BCUT2D eigenvalue weighted by Crippen LogP contribution is 2.43. The topological polar surface area (TPSA) is 49.4 Å². The molecule has 33 heavy (non-hydrogen) atoms. The SMILES string of the molecule is Cc1cccc(N2C(=O)CS[C@H]2c2ccc(NC(=O)c3ccc(C(C)(C)C)cc3)cc2)c1C. The fourth-order valence-corrected chi connectivity index (χ4v) is 5.15. The van der Waals surface area contributed by atoms with Crippen molar-refractivity contribution in [3.63, 3.8) is 0 Å². The minimum Gasteiger partial charge on any atom is -0.322 e. The quantitative estimate of drug-likeness (QED) is 0.477. The van der Waals surface area contributed by atoms with E-state index in [0.717, 1.165) is 22.5 Å². The summed E-state index contributed by atoms with van der Waals surface area (Å²) in [5, 5.41) is 2.90. The van der Waals surface area contributed by atoms with Gasteiger partial charge in [0.25, 0.3) is 5.91 Å². The van der Waals surface area contributed by atoms with E-state index in [2.05, 4.69) is 46.0 Å². The fraction of sp³-hybridized carbons (Fsp3) is 0.286. The molecule has 4 rings (SSSR count). The van der Waals surface area contributed by atoms with Gasteiger partial charge < -0.3 is 5.32 Å². The van der Waals surface area contributed by atoms with Crippen LogP contribution in [0.1, 0.15) is 58.8 Å². The molecule has 1 aliphatic heterocycles. The van der Waals surface area contributed by atoms with Gasteiger partial charge in [-0.1, -0.05) is 57.2 Å². The van der Waals surface area contributed by atoms with Gasteiger partial charge in [0.15, 0.2) is 0 Å². The van der Waals surface area contributed by atoms with Crippen molar-refractivity contribution in [2.24, 2.45) is 0 Å². The molecular formula is C28H30N2O2S. The molecule has 0 bridgehead atoms. The molecule has 5 heteroatoms. The molecule has 1 N–H and O–H groups in total. The normalized spacial score (nSPS) is 16.2. The molecule has 0 aliphatic carbocycles. The summed E-state index contributed by atoms with van der Waals surface area (Å²) < 4.78 is 0. The maximum atomic E-state index is 12.7. The van der Waals surface area contributed by atoms with Gasteiger partial charge >= 0.3 is 0 Å². The van der Waals surface area contributed by atoms with E-state index in [1.54, 1.807) is 11.8 Å². The molecule has 0 radical (unpaired) electrons. The molecule has 1 aliphatic rings. The Labute approximate surface area is 200 Å². The van der Waals surface area contributed by atoms with Gasteiger partial charge in [-0.3, -0.25) is 14.5 Å². The molecule has 2 amide bonds. The van der Waals surface area contributed by atoms with Crippen LogP contribution < -0.4 is 10.2 Å². The van der Waals surface area contributed by atoms with Crippen molar-refractivity contribution >= 4 is 35.0 Å². The number of hydrogen-bond acceptors (Lipinski definition) is 3. The first-order valence-corrected chi connectivity index (χ1v) is 12.2. The Morgan fingerprint density at radius 1 is 0.970 bits per heavy atom. The molecule has 4 nitrogen and oxygen atoms in total. The molecule has 3 aromatic carbocycles. The molecule has 3 aromatic rings. The van der Waals surface area contributed by atoms with Gasteiger partial charge in [0.1, 0.15) is 5.37 Å². The van der Waals surface area contributed by atoms with E-state index in [1.165, 1.54) is 11.1 Å². The maximum absolute atomic E-state index is 12.7. The van der Waals surface area contributed by atoms with Crippen LogP contribution in [0.3, 0.4) is 0 Å². The second-order valence-corrected chi connectivity index (χ2v) is 10.6. The number of benzene rings is 3. The standard InChI is InChI=1S/C28H30N2O2S/c1-18-7-6-8-24(19(18)2)30-25(31)17-33-27(30)21-11-15-23(16-12-21)29-26(32)20-9-13-22(14-10-20)28(3,4)5/h6-16,27H,17H2,1-5H3,(H,29,32)/t27-/m0/s1. The number of rotatable bonds is 4. The third kappa shape index (κ3) is 4.83. The minimum absolute atomic E-state index is 0.0509. The number of thioether (sulfide) groups is 1. The van der Waals surface area contributed by atoms with Crippen LogP contribution in [0.4, 0.5) is 11.4 Å². The van der Waals surface area contributed by atoms with E-state index in [-0.39, 0.29) is 22.6 Å². The Hall–Kier alpha value is -3.05. The molecule has 0 aromatic heterocycles. The number of carbonyl (C=O) groups is 2. The van der Waals surface area contributed by atoms with Crippen molar-refractivity contribution in [3.05, 3.63) is 94.5 Å². The van der Waals surface area contributed by atoms with Gasteiger partial charge in [-0.15, -0.1) is 11.8 Å². The smallest absolute Gasteiger partial charge is 0.255 e. The summed E-state index contributed by atoms with van der Waals surface area (Å²) in [5.74, 6) is 0.446. The van der Waals surface area contributed by atoms with Crippen LogP contribution in [0.5, 0.6) is 0 Å². The van der Waals surface area contributed by atoms with Crippen LogP contribution in [-0.2, 0) is 10.2 Å². The highest BCUT2D eigenvalue weighted by molar-refractivity contribution is 8.00. The first-order valence-electron chi connectivity index (χ1n) is 11.2. The average Bonchev–Trinajstić information content (AvgIpc) is 3.17. The minimum atomic E-state index is -0.134. The summed E-state index contributed by atoms with van der Waals surface area (Å²) in [6, 6.07) is 21.6. The van der Waals surface area contributed by atoms with Crippen molar-refractivity contribution in [1.82, 2.24) is 0 Å². The van der Waals surface area contributed by atoms with Gasteiger partial charge in [0.2, 0.25) is 5.91 Å². The van der Waals surface area contributed by atoms with E-state index < -0.39 is 0 Å². The second kappa shape index (κ2) is 9.06. The van der Waals surface area contributed by atoms with Crippen molar-refractivity contribution < 1.29 is 9.59 Å². The summed E-state index contributed by atoms with van der Waals surface area (Å²) >= 11 is 1.63. The molecule has 1 saturated heterocycles. The Morgan fingerprint density at radius 3 is 2.27 bits per heavy atom. The van der Waals surface area contributed by atoms with E-state index in [0.29, 0.717) is 11.3 Å². The lowest BCUT2D eigenvalue weighted by atomic mass is 9.87. The van der Waals surface area contributed by atoms with Crippen molar-refractivity contribution in [1.29, 1.82) is 0 Å². The van der Waals surface area contributed by atoms with Crippen LogP contribution in [-0.4, -0.2) is 17.6 Å². The first-order chi connectivity index (χ1) is 15.6. The molecule has 1 atom stereocenters. The van der Waals surface area contributed by atoms with E-state index in [1.807, 2.05) is 65.6 Å². The number of aryl methyl sites for hydroxylation is 1. The average molecular weight is 459 g/mol. The Bertz CT molecular complexity index is 1180. The first kappa shape index (κ1) is 23.1. The van der Waals surface area contributed by atoms with Gasteiger partial charge in [-0.05, 0) is 71.8 Å². The fourth-order valence-electron chi connectivity index (χ4n) is 3.98. The number of hydrogen-bond donors (Lipinski definition) is 1. The van der Waals surface area contributed by atoms with Crippen LogP contribution >= 0.6 is 11.8 Å². The van der Waals surface area contributed by atoms with Crippen LogP contribution in [0, 0.1) is 13.8 Å². The van der Waals surface area contributed by atoms with E-state index >= 15 is 0 Å². The van der Waals surface area contributed by atoms with Crippen molar-refractivity contribution in [2.75, 3.05) is 16.0 Å². The maximum Gasteiger partial charge on any atom is 0.255 e. The predicted octanol–water partition coefficient (Wildman–Crippen LogP) is 6.63. The number of carbonyl (C=O) groups excluding carboxylic acids is 2. The lowest BCUT2D eigenvalue weighted by Gasteiger charge is -2.26. The van der Waals surface area contributed by atoms with Gasteiger partial charge in [0, 0.05) is 16.9 Å². The number of anilines is 2. The number of amides is 2. The highest BCUT2D eigenvalue weighted by Gasteiger charge is 2.34. The Balaban J connectivity index is 1.50. The molecule has 1 fully saturated rings. The zero-order valence-corrected chi connectivity index (χ0v) is 20.6. The Kier molecular flexibility index (Phi) is 6.35. The van der Waals surface area contributed by atoms with E-state index in [4.69, 9.17) is 0 Å². The molecule has 170 valence electrons. The van der Waals surface area contributed by atoms with Crippen molar-refractivity contribution in [3.8, 4) is 0 Å². The van der Waals surface area contributed by atoms with Gasteiger partial charge in [-0.25, -0.2) is 0 Å². The largest absolute Gasteiger partial charge is 0.322 e. The third-order valence-electron chi connectivity index (χ3n) is 6.17. The third-order valence-corrected chi connectivity index (χ3v) is 7.38. The van der Waals surface area contributed by atoms with Crippen LogP contribution in [0.2, 0.25) is 0 Å². The molecule has 0 saturated carbocycles. The van der Waals surface area contributed by atoms with Crippen LogP contribution in [0.15, 0.2) is 66.7 Å². The Morgan fingerprint density at radius 2 is 1.64 bits per heavy atom. The summed E-state index contributed by atoms with van der Waals surface area (Å²) in [4.78, 5) is 27.3. The summed E-state index contributed by atoms with van der Waals surface area (Å²) in [7, 11) is 0. The summed E-state index contributed by atoms with van der Waals surface area (Å²) in [6.07, 6.45) is 0. The number of nitrogens with one attached hydrogen (secondary N) is 1.